The Morgan fingerprint density at radius 2 is 2.00 bits per heavy atom. The number of hydrogen-bond donors (Lipinski definition) is 0. The van der Waals surface area contributed by atoms with Crippen LogP contribution in [0.15, 0.2) is 47.1 Å². The number of halogens is 1. The van der Waals surface area contributed by atoms with Gasteiger partial charge in [-0.1, -0.05) is 53.0 Å². The molecule has 91 valence electrons. The van der Waals surface area contributed by atoms with Crippen molar-refractivity contribution >= 4 is 21.6 Å². The van der Waals surface area contributed by atoms with E-state index < -0.39 is 0 Å². The third-order valence-corrected chi connectivity index (χ3v) is 3.61. The van der Waals surface area contributed by atoms with Crippen LogP contribution >= 0.6 is 15.9 Å². The van der Waals surface area contributed by atoms with Crippen molar-refractivity contribution in [3.05, 3.63) is 64.3 Å². The molecule has 0 N–H and O–H groups in total. The molecule has 0 spiro atoms. The van der Waals surface area contributed by atoms with Crippen molar-refractivity contribution in [3.8, 4) is 0 Å². The zero-order valence-electron chi connectivity index (χ0n) is 10.7. The second-order valence-corrected chi connectivity index (χ2v) is 4.85. The Kier molecular flexibility index (Phi) is 6.03. The number of nitrogens with zero attached hydrogens (tertiary/aromatic N) is 1. The zero-order chi connectivity index (χ0) is 12.4. The summed E-state index contributed by atoms with van der Waals surface area (Å²) >= 11 is 3.50. The second-order valence-electron chi connectivity index (χ2n) is 3.99. The fourth-order valence-corrected chi connectivity index (χ4v) is 2.30. The number of rotatable bonds is 2. The molecule has 0 saturated carbocycles. The van der Waals surface area contributed by atoms with Crippen molar-refractivity contribution < 1.29 is 32.7 Å². The first kappa shape index (κ1) is 15.9. The Hall–Kier alpha value is -0.176. The van der Waals surface area contributed by atoms with E-state index in [9.17, 15) is 0 Å². The summed E-state index contributed by atoms with van der Waals surface area (Å²) in [6, 6.07) is 8.36. The number of allylic oxidation sites excluding steroid dienone is 3. The monoisotopic (exact) mass is 377 g/mol. The first-order chi connectivity index (χ1) is 8.15. The van der Waals surface area contributed by atoms with Crippen LogP contribution in [0.25, 0.3) is 5.70 Å². The van der Waals surface area contributed by atoms with Crippen molar-refractivity contribution in [2.75, 3.05) is 6.54 Å². The molecule has 1 aromatic carbocycles. The molecule has 0 saturated heterocycles. The molecule has 0 aromatic heterocycles. The Bertz CT molecular complexity index is 517. The van der Waals surface area contributed by atoms with Crippen LogP contribution in [0.1, 0.15) is 18.1 Å². The van der Waals surface area contributed by atoms with Crippen LogP contribution in [0.4, 0.5) is 0 Å². The number of benzene rings is 1. The van der Waals surface area contributed by atoms with Gasteiger partial charge in [0.15, 0.2) is 0 Å². The molecular formula is C15H15BrNY-. The molecular weight excluding hydrogens is 363 g/mol. The van der Waals surface area contributed by atoms with Gasteiger partial charge in [0.1, 0.15) is 0 Å². The van der Waals surface area contributed by atoms with Crippen LogP contribution in [-0.4, -0.2) is 11.4 Å². The minimum absolute atomic E-state index is 0. The summed E-state index contributed by atoms with van der Waals surface area (Å²) in [5.74, 6) is 0. The first-order valence-corrected chi connectivity index (χ1v) is 6.46. The van der Waals surface area contributed by atoms with E-state index >= 15 is 0 Å². The largest absolute Gasteiger partial charge is 0.375 e. The quantitative estimate of drug-likeness (QED) is 0.696. The molecule has 3 heteroatoms. The Labute approximate surface area is 143 Å². The van der Waals surface area contributed by atoms with E-state index in [1.54, 1.807) is 0 Å². The predicted octanol–water partition coefficient (Wildman–Crippen LogP) is 4.26. The normalized spacial score (nSPS) is 14.8. The Balaban J connectivity index is 0.00000162. The minimum atomic E-state index is 0. The summed E-state index contributed by atoms with van der Waals surface area (Å²) in [4.78, 5) is 2.17. The molecule has 0 amide bonds. The summed E-state index contributed by atoms with van der Waals surface area (Å²) in [7, 11) is 0. The molecule has 0 bridgehead atoms. The van der Waals surface area contributed by atoms with E-state index in [0.717, 1.165) is 22.4 Å². The van der Waals surface area contributed by atoms with E-state index in [1.165, 1.54) is 11.1 Å². The van der Waals surface area contributed by atoms with Crippen LogP contribution in [0.5, 0.6) is 0 Å². The van der Waals surface area contributed by atoms with Crippen LogP contribution in [0, 0.1) is 13.0 Å². The average molecular weight is 378 g/mol. The van der Waals surface area contributed by atoms with Gasteiger partial charge in [-0.05, 0) is 12.6 Å². The summed E-state index contributed by atoms with van der Waals surface area (Å²) in [6.45, 7) is 9.23. The average Bonchev–Trinajstić information content (AvgIpc) is 2.33. The van der Waals surface area contributed by atoms with Crippen LogP contribution < -0.4 is 0 Å². The molecule has 1 aliphatic rings. The van der Waals surface area contributed by atoms with Gasteiger partial charge in [0.05, 0.1) is 0 Å². The van der Waals surface area contributed by atoms with Gasteiger partial charge in [-0.2, -0.15) is 12.2 Å². The van der Waals surface area contributed by atoms with Gasteiger partial charge in [0.2, 0.25) is 0 Å². The van der Waals surface area contributed by atoms with Gasteiger partial charge in [-0.3, -0.25) is 0 Å². The molecule has 0 fully saturated rings. The molecule has 1 radical (unpaired) electrons. The third kappa shape index (κ3) is 3.04. The molecule has 0 atom stereocenters. The van der Waals surface area contributed by atoms with Gasteiger partial charge in [-0.25, -0.2) is 0 Å². The standard InChI is InChI=1S/C15H15BrN.Y/c1-4-17-12(3)14(16)9-10-15(17)13-8-6-5-7-11(13)2;/h5-9H,3-4H2,1-2H3;/q-1;. The van der Waals surface area contributed by atoms with E-state index in [-0.39, 0.29) is 32.7 Å². The van der Waals surface area contributed by atoms with Gasteiger partial charge in [0, 0.05) is 39.3 Å². The topological polar surface area (TPSA) is 3.24 Å². The Morgan fingerprint density at radius 1 is 1.33 bits per heavy atom. The summed E-state index contributed by atoms with van der Waals surface area (Å²) in [5, 5.41) is 0. The molecule has 2 rings (SSSR count). The van der Waals surface area contributed by atoms with Gasteiger partial charge in [-0.15, -0.1) is 22.0 Å². The molecule has 1 heterocycles. The number of hydrogen-bond acceptors (Lipinski definition) is 1. The third-order valence-electron chi connectivity index (χ3n) is 2.92. The smallest absolute Gasteiger partial charge is 0.0169 e. The van der Waals surface area contributed by atoms with Crippen molar-refractivity contribution in [1.29, 1.82) is 0 Å². The fourth-order valence-electron chi connectivity index (χ4n) is 1.97. The van der Waals surface area contributed by atoms with Gasteiger partial charge in [0.25, 0.3) is 0 Å². The first-order valence-electron chi connectivity index (χ1n) is 5.67. The number of aryl methyl sites for hydroxylation is 1. The fraction of sp³-hybridized carbons (Fsp3) is 0.200. The molecule has 1 nitrogen and oxygen atoms in total. The van der Waals surface area contributed by atoms with E-state index in [1.807, 2.05) is 6.08 Å². The van der Waals surface area contributed by atoms with Gasteiger partial charge >= 0.3 is 0 Å². The van der Waals surface area contributed by atoms with Crippen molar-refractivity contribution in [3.63, 3.8) is 0 Å². The van der Waals surface area contributed by atoms with E-state index in [0.29, 0.717) is 0 Å². The Morgan fingerprint density at radius 3 is 2.61 bits per heavy atom. The minimum Gasteiger partial charge on any atom is -0.375 e. The van der Waals surface area contributed by atoms with E-state index in [2.05, 4.69) is 71.6 Å². The molecule has 0 aliphatic carbocycles. The van der Waals surface area contributed by atoms with Crippen LogP contribution in [-0.2, 0) is 32.7 Å². The van der Waals surface area contributed by atoms with Crippen molar-refractivity contribution in [2.24, 2.45) is 0 Å². The maximum absolute atomic E-state index is 4.10. The SMILES string of the molecule is C=C1C(Br)=C[C-]=C(c2ccccc2C)N1CC.[Y]. The van der Waals surface area contributed by atoms with Crippen LogP contribution in [0.2, 0.25) is 0 Å². The summed E-state index contributed by atoms with van der Waals surface area (Å²) < 4.78 is 0.997. The van der Waals surface area contributed by atoms with Gasteiger partial charge < -0.3 is 4.90 Å². The van der Waals surface area contributed by atoms with E-state index in [4.69, 9.17) is 0 Å². The maximum Gasteiger partial charge on any atom is 0.0169 e. The maximum atomic E-state index is 4.10. The van der Waals surface area contributed by atoms with Crippen molar-refractivity contribution in [1.82, 2.24) is 4.90 Å². The predicted molar refractivity (Wildman–Crippen MR) is 76.4 cm³/mol. The molecule has 1 aliphatic heterocycles. The molecule has 18 heavy (non-hydrogen) atoms. The molecule has 1 aromatic rings. The summed E-state index contributed by atoms with van der Waals surface area (Å²) in [6.07, 6.45) is 5.27. The zero-order valence-corrected chi connectivity index (χ0v) is 15.1. The second kappa shape index (κ2) is 6.84. The van der Waals surface area contributed by atoms with Crippen LogP contribution in [0.3, 0.4) is 0 Å². The number of likely N-dealkylation sites (N-methyl/N-ethyl adjacent to an activating group) is 1. The molecule has 0 unspecified atom stereocenters. The van der Waals surface area contributed by atoms with Crippen molar-refractivity contribution in [2.45, 2.75) is 13.8 Å². The summed E-state index contributed by atoms with van der Waals surface area (Å²) in [5.41, 5.74) is 4.56.